The van der Waals surface area contributed by atoms with Gasteiger partial charge in [0.15, 0.2) is 0 Å². The van der Waals surface area contributed by atoms with Crippen LogP contribution in [0.1, 0.15) is 24.8 Å². The molecule has 144 valence electrons. The SMILES string of the molecule is CN1CCN([C@@H]2CN(C3CCSCC3)CC[C@]2(O)c2ccccc2)CC1. The van der Waals surface area contributed by atoms with E-state index in [0.717, 1.165) is 51.3 Å². The minimum absolute atomic E-state index is 0.196. The highest BCUT2D eigenvalue weighted by Gasteiger charge is 2.47. The Labute approximate surface area is 162 Å². The van der Waals surface area contributed by atoms with E-state index >= 15 is 0 Å². The quantitative estimate of drug-likeness (QED) is 0.874. The van der Waals surface area contributed by atoms with Gasteiger partial charge in [-0.15, -0.1) is 0 Å². The molecule has 5 heteroatoms. The predicted octanol–water partition coefficient (Wildman–Crippen LogP) is 2.09. The zero-order valence-corrected chi connectivity index (χ0v) is 16.8. The number of hydrogen-bond acceptors (Lipinski definition) is 5. The molecule has 0 aromatic heterocycles. The Balaban J connectivity index is 1.57. The molecule has 3 saturated heterocycles. The second kappa shape index (κ2) is 8.19. The number of piperazine rings is 1. The van der Waals surface area contributed by atoms with E-state index in [-0.39, 0.29) is 6.04 Å². The first kappa shape index (κ1) is 18.8. The van der Waals surface area contributed by atoms with Crippen LogP contribution in [0.5, 0.6) is 0 Å². The van der Waals surface area contributed by atoms with Crippen molar-refractivity contribution in [1.29, 1.82) is 0 Å². The maximum atomic E-state index is 11.9. The van der Waals surface area contributed by atoms with Crippen LogP contribution in [0.3, 0.4) is 0 Å². The Morgan fingerprint density at radius 2 is 1.65 bits per heavy atom. The number of aliphatic hydroxyl groups is 1. The molecule has 3 aliphatic rings. The summed E-state index contributed by atoms with van der Waals surface area (Å²) in [6, 6.07) is 11.3. The molecular weight excluding hydrogens is 342 g/mol. The van der Waals surface area contributed by atoms with Crippen molar-refractivity contribution < 1.29 is 5.11 Å². The molecule has 0 spiro atoms. The van der Waals surface area contributed by atoms with Gasteiger partial charge in [-0.25, -0.2) is 0 Å². The van der Waals surface area contributed by atoms with Crippen molar-refractivity contribution in [2.24, 2.45) is 0 Å². The van der Waals surface area contributed by atoms with Gasteiger partial charge in [-0.3, -0.25) is 9.80 Å². The van der Waals surface area contributed by atoms with Crippen LogP contribution in [0, 0.1) is 0 Å². The summed E-state index contributed by atoms with van der Waals surface area (Å²) in [4.78, 5) is 7.66. The Morgan fingerprint density at radius 3 is 2.35 bits per heavy atom. The van der Waals surface area contributed by atoms with Crippen molar-refractivity contribution in [2.45, 2.75) is 36.9 Å². The molecule has 4 rings (SSSR count). The monoisotopic (exact) mass is 375 g/mol. The standard InChI is InChI=1S/C21H33N3OS/c1-22-11-13-23(14-12-22)20-17-24(19-7-15-26-16-8-19)10-9-21(20,25)18-5-3-2-4-6-18/h2-6,19-20,25H,7-17H2,1H3/t20-,21+/m1/s1. The number of likely N-dealkylation sites (N-methyl/N-ethyl adjacent to an activating group) is 1. The summed E-state index contributed by atoms with van der Waals surface area (Å²) in [6.07, 6.45) is 3.46. The molecule has 0 saturated carbocycles. The van der Waals surface area contributed by atoms with Gasteiger partial charge >= 0.3 is 0 Å². The van der Waals surface area contributed by atoms with Crippen LogP contribution >= 0.6 is 11.8 Å². The van der Waals surface area contributed by atoms with Crippen molar-refractivity contribution in [3.8, 4) is 0 Å². The van der Waals surface area contributed by atoms with Gasteiger partial charge in [0.25, 0.3) is 0 Å². The third-order valence-electron chi connectivity index (χ3n) is 6.70. The molecule has 4 nitrogen and oxygen atoms in total. The van der Waals surface area contributed by atoms with Gasteiger partial charge in [0, 0.05) is 45.3 Å². The fourth-order valence-corrected chi connectivity index (χ4v) is 6.02. The lowest BCUT2D eigenvalue weighted by Crippen LogP contribution is -2.65. The second-order valence-electron chi connectivity index (χ2n) is 8.23. The zero-order valence-electron chi connectivity index (χ0n) is 16.0. The maximum absolute atomic E-state index is 11.9. The Morgan fingerprint density at radius 1 is 0.962 bits per heavy atom. The molecule has 0 radical (unpaired) electrons. The molecule has 0 unspecified atom stereocenters. The Bertz CT molecular complexity index is 572. The van der Waals surface area contributed by atoms with E-state index in [1.807, 2.05) is 6.07 Å². The number of nitrogens with zero attached hydrogens (tertiary/aromatic N) is 3. The van der Waals surface area contributed by atoms with Crippen molar-refractivity contribution in [1.82, 2.24) is 14.7 Å². The topological polar surface area (TPSA) is 30.0 Å². The van der Waals surface area contributed by atoms with E-state index in [1.165, 1.54) is 24.3 Å². The van der Waals surface area contributed by atoms with Gasteiger partial charge in [-0.2, -0.15) is 11.8 Å². The number of rotatable bonds is 3. The highest BCUT2D eigenvalue weighted by Crippen LogP contribution is 2.38. The lowest BCUT2D eigenvalue weighted by molar-refractivity contribution is -0.114. The average Bonchev–Trinajstić information content (AvgIpc) is 2.70. The first-order chi connectivity index (χ1) is 12.7. The normalized spacial score (nSPS) is 33.4. The van der Waals surface area contributed by atoms with E-state index in [1.54, 1.807) is 0 Å². The largest absolute Gasteiger partial charge is 0.383 e. The molecule has 3 aliphatic heterocycles. The molecular formula is C21H33N3OS. The summed E-state index contributed by atoms with van der Waals surface area (Å²) in [5.41, 5.74) is 0.375. The van der Waals surface area contributed by atoms with Gasteiger partial charge in [-0.05, 0) is 43.4 Å². The molecule has 2 atom stereocenters. The van der Waals surface area contributed by atoms with Crippen LogP contribution in [-0.2, 0) is 5.60 Å². The molecule has 26 heavy (non-hydrogen) atoms. The Hall–Kier alpha value is -0.590. The zero-order chi connectivity index (χ0) is 18.0. The van der Waals surface area contributed by atoms with E-state index < -0.39 is 5.60 Å². The third-order valence-corrected chi connectivity index (χ3v) is 7.75. The number of thioether (sulfide) groups is 1. The van der Waals surface area contributed by atoms with Gasteiger partial charge in [-0.1, -0.05) is 30.3 Å². The van der Waals surface area contributed by atoms with E-state index in [0.29, 0.717) is 6.04 Å². The summed E-state index contributed by atoms with van der Waals surface area (Å²) >= 11 is 2.10. The summed E-state index contributed by atoms with van der Waals surface area (Å²) in [6.45, 7) is 6.34. The van der Waals surface area contributed by atoms with Crippen molar-refractivity contribution in [3.63, 3.8) is 0 Å². The van der Waals surface area contributed by atoms with Gasteiger partial charge < -0.3 is 10.0 Å². The van der Waals surface area contributed by atoms with Crippen LogP contribution in [-0.4, -0.2) is 89.7 Å². The maximum Gasteiger partial charge on any atom is 0.108 e. The molecule has 1 aromatic rings. The van der Waals surface area contributed by atoms with Crippen LogP contribution < -0.4 is 0 Å². The van der Waals surface area contributed by atoms with Crippen molar-refractivity contribution in [3.05, 3.63) is 35.9 Å². The highest BCUT2D eigenvalue weighted by molar-refractivity contribution is 7.99. The van der Waals surface area contributed by atoms with Crippen molar-refractivity contribution >= 4 is 11.8 Å². The first-order valence-electron chi connectivity index (χ1n) is 10.2. The second-order valence-corrected chi connectivity index (χ2v) is 9.46. The molecule has 1 aromatic carbocycles. The minimum Gasteiger partial charge on any atom is -0.383 e. The summed E-state index contributed by atoms with van der Waals surface area (Å²) in [7, 11) is 2.20. The van der Waals surface area contributed by atoms with Crippen LogP contribution in [0.15, 0.2) is 30.3 Å². The fourth-order valence-electron chi connectivity index (χ4n) is 4.94. The number of likely N-dealkylation sites (tertiary alicyclic amines) is 1. The predicted molar refractivity (Wildman–Crippen MR) is 110 cm³/mol. The smallest absolute Gasteiger partial charge is 0.108 e. The van der Waals surface area contributed by atoms with Crippen LogP contribution in [0.2, 0.25) is 0 Å². The number of benzene rings is 1. The third kappa shape index (κ3) is 3.83. The fraction of sp³-hybridized carbons (Fsp3) is 0.714. The summed E-state index contributed by atoms with van der Waals surface area (Å²) < 4.78 is 0. The van der Waals surface area contributed by atoms with Gasteiger partial charge in [0.2, 0.25) is 0 Å². The highest BCUT2D eigenvalue weighted by atomic mass is 32.2. The minimum atomic E-state index is -0.725. The summed E-state index contributed by atoms with van der Waals surface area (Å²) in [5, 5.41) is 11.9. The lowest BCUT2D eigenvalue weighted by Gasteiger charge is -2.53. The van der Waals surface area contributed by atoms with E-state index in [2.05, 4.69) is 57.8 Å². The first-order valence-corrected chi connectivity index (χ1v) is 11.3. The van der Waals surface area contributed by atoms with Gasteiger partial charge in [0.05, 0.1) is 6.04 Å². The van der Waals surface area contributed by atoms with E-state index in [9.17, 15) is 5.11 Å². The summed E-state index contributed by atoms with van der Waals surface area (Å²) in [5.74, 6) is 2.59. The molecule has 1 N–H and O–H groups in total. The molecule has 0 aliphatic carbocycles. The van der Waals surface area contributed by atoms with Gasteiger partial charge in [0.1, 0.15) is 5.60 Å². The number of hydrogen-bond donors (Lipinski definition) is 1. The van der Waals surface area contributed by atoms with Crippen LogP contribution in [0.4, 0.5) is 0 Å². The lowest BCUT2D eigenvalue weighted by atomic mass is 9.78. The average molecular weight is 376 g/mol. The molecule has 3 heterocycles. The van der Waals surface area contributed by atoms with Crippen LogP contribution in [0.25, 0.3) is 0 Å². The molecule has 0 bridgehead atoms. The Kier molecular flexibility index (Phi) is 5.91. The van der Waals surface area contributed by atoms with E-state index in [4.69, 9.17) is 0 Å². The molecule has 0 amide bonds. The molecule has 3 fully saturated rings. The van der Waals surface area contributed by atoms with Crippen molar-refractivity contribution in [2.75, 3.05) is 57.8 Å². The number of piperidine rings is 1.